The summed E-state index contributed by atoms with van der Waals surface area (Å²) in [5.41, 5.74) is 1.15. The second-order valence-corrected chi connectivity index (χ2v) is 4.10. The zero-order valence-electron chi connectivity index (χ0n) is 11.3. The molecular formula is C15H19NO3. The molecular weight excluding hydrogens is 242 g/mol. The van der Waals surface area contributed by atoms with Crippen LogP contribution in [0.5, 0.6) is 11.5 Å². The van der Waals surface area contributed by atoms with Crippen molar-refractivity contribution in [2.24, 2.45) is 0 Å². The highest BCUT2D eigenvalue weighted by Crippen LogP contribution is 2.27. The molecule has 1 aromatic heterocycles. The van der Waals surface area contributed by atoms with Crippen molar-refractivity contribution in [3.63, 3.8) is 0 Å². The van der Waals surface area contributed by atoms with Crippen molar-refractivity contribution in [1.29, 1.82) is 0 Å². The fourth-order valence-corrected chi connectivity index (χ4v) is 1.84. The van der Waals surface area contributed by atoms with Gasteiger partial charge < -0.3 is 19.2 Å². The first-order chi connectivity index (χ1) is 9.33. The number of methoxy groups -OCH3 is 1. The Morgan fingerprint density at radius 1 is 1.16 bits per heavy atom. The predicted molar refractivity (Wildman–Crippen MR) is 73.4 cm³/mol. The van der Waals surface area contributed by atoms with Crippen molar-refractivity contribution in [3.05, 3.63) is 47.9 Å². The lowest BCUT2D eigenvalue weighted by molar-refractivity contribution is 0.310. The zero-order chi connectivity index (χ0) is 13.5. The molecule has 2 aromatic rings. The van der Waals surface area contributed by atoms with Gasteiger partial charge in [0.15, 0.2) is 11.5 Å². The van der Waals surface area contributed by atoms with Gasteiger partial charge in [-0.15, -0.1) is 0 Å². The average molecular weight is 261 g/mol. The fourth-order valence-electron chi connectivity index (χ4n) is 1.84. The third kappa shape index (κ3) is 3.76. The number of hydrogen-bond acceptors (Lipinski definition) is 4. The molecule has 0 amide bonds. The topological polar surface area (TPSA) is 43.6 Å². The molecule has 2 rings (SSSR count). The molecule has 0 aliphatic heterocycles. The lowest BCUT2D eigenvalue weighted by Gasteiger charge is -2.11. The number of hydrogen-bond donors (Lipinski definition) is 1. The smallest absolute Gasteiger partial charge is 0.161 e. The number of benzene rings is 1. The van der Waals surface area contributed by atoms with Gasteiger partial charge in [0.2, 0.25) is 0 Å². The van der Waals surface area contributed by atoms with Crippen LogP contribution in [0.3, 0.4) is 0 Å². The number of ether oxygens (including phenoxy) is 2. The summed E-state index contributed by atoms with van der Waals surface area (Å²) in [4.78, 5) is 0. The number of furan rings is 1. The van der Waals surface area contributed by atoms with Crippen LogP contribution in [0.4, 0.5) is 0 Å². The molecule has 0 aliphatic carbocycles. The molecule has 1 aromatic carbocycles. The highest BCUT2D eigenvalue weighted by atomic mass is 16.5. The fraction of sp³-hybridized carbons (Fsp3) is 0.333. The van der Waals surface area contributed by atoms with Crippen LogP contribution in [0.25, 0.3) is 0 Å². The lowest BCUT2D eigenvalue weighted by atomic mass is 10.2. The lowest BCUT2D eigenvalue weighted by Crippen LogP contribution is -2.12. The summed E-state index contributed by atoms with van der Waals surface area (Å²) in [7, 11) is 1.65. The number of nitrogens with one attached hydrogen (secondary N) is 1. The second kappa shape index (κ2) is 6.85. The van der Waals surface area contributed by atoms with Crippen molar-refractivity contribution in [3.8, 4) is 11.5 Å². The Morgan fingerprint density at radius 3 is 2.74 bits per heavy atom. The van der Waals surface area contributed by atoms with Crippen molar-refractivity contribution < 1.29 is 13.9 Å². The van der Waals surface area contributed by atoms with E-state index >= 15 is 0 Å². The normalized spacial score (nSPS) is 10.4. The first-order valence-electron chi connectivity index (χ1n) is 6.36. The van der Waals surface area contributed by atoms with E-state index in [4.69, 9.17) is 13.9 Å². The largest absolute Gasteiger partial charge is 0.493 e. The maximum atomic E-state index is 5.49. The molecule has 0 atom stereocenters. The van der Waals surface area contributed by atoms with Crippen LogP contribution in [0.1, 0.15) is 18.2 Å². The third-order valence-corrected chi connectivity index (χ3v) is 2.74. The summed E-state index contributed by atoms with van der Waals surface area (Å²) >= 11 is 0. The van der Waals surface area contributed by atoms with Crippen LogP contribution in [0.2, 0.25) is 0 Å². The quantitative estimate of drug-likeness (QED) is 0.832. The summed E-state index contributed by atoms with van der Waals surface area (Å²) in [5.74, 6) is 2.47. The van der Waals surface area contributed by atoms with E-state index in [0.29, 0.717) is 13.2 Å². The van der Waals surface area contributed by atoms with Crippen LogP contribution >= 0.6 is 0 Å². The van der Waals surface area contributed by atoms with E-state index in [1.807, 2.05) is 37.3 Å². The van der Waals surface area contributed by atoms with Crippen LogP contribution in [-0.4, -0.2) is 13.7 Å². The Labute approximate surface area is 113 Å². The minimum absolute atomic E-state index is 0.631. The van der Waals surface area contributed by atoms with Gasteiger partial charge in [-0.2, -0.15) is 0 Å². The molecule has 102 valence electrons. The molecule has 1 heterocycles. The van der Waals surface area contributed by atoms with E-state index in [-0.39, 0.29) is 0 Å². The summed E-state index contributed by atoms with van der Waals surface area (Å²) in [6.45, 7) is 4.05. The van der Waals surface area contributed by atoms with Crippen LogP contribution in [0, 0.1) is 0 Å². The Balaban J connectivity index is 1.93. The van der Waals surface area contributed by atoms with Gasteiger partial charge in [0.1, 0.15) is 5.76 Å². The van der Waals surface area contributed by atoms with Gasteiger partial charge in [0, 0.05) is 6.54 Å². The second-order valence-electron chi connectivity index (χ2n) is 4.10. The molecule has 0 unspecified atom stereocenters. The molecule has 0 radical (unpaired) electrons. The van der Waals surface area contributed by atoms with Gasteiger partial charge in [0.05, 0.1) is 26.5 Å². The Hall–Kier alpha value is -1.94. The molecule has 19 heavy (non-hydrogen) atoms. The first-order valence-corrected chi connectivity index (χ1v) is 6.36. The monoisotopic (exact) mass is 261 g/mol. The van der Waals surface area contributed by atoms with Gasteiger partial charge in [-0.05, 0) is 36.8 Å². The summed E-state index contributed by atoms with van der Waals surface area (Å²) in [6.07, 6.45) is 1.68. The van der Waals surface area contributed by atoms with Crippen molar-refractivity contribution in [2.45, 2.75) is 20.0 Å². The van der Waals surface area contributed by atoms with Gasteiger partial charge >= 0.3 is 0 Å². The van der Waals surface area contributed by atoms with E-state index in [1.54, 1.807) is 13.4 Å². The van der Waals surface area contributed by atoms with Crippen LogP contribution in [-0.2, 0) is 13.1 Å². The SMILES string of the molecule is CCOc1ccc(CNCc2ccco2)cc1OC. The first kappa shape index (κ1) is 13.5. The van der Waals surface area contributed by atoms with Crippen molar-refractivity contribution >= 4 is 0 Å². The predicted octanol–water partition coefficient (Wildman–Crippen LogP) is 2.98. The molecule has 0 saturated carbocycles. The maximum absolute atomic E-state index is 5.49. The van der Waals surface area contributed by atoms with Crippen molar-refractivity contribution in [1.82, 2.24) is 5.32 Å². The average Bonchev–Trinajstić information content (AvgIpc) is 2.94. The molecule has 0 fully saturated rings. The van der Waals surface area contributed by atoms with Gasteiger partial charge in [-0.3, -0.25) is 0 Å². The van der Waals surface area contributed by atoms with E-state index in [1.165, 1.54) is 0 Å². The minimum atomic E-state index is 0.631. The third-order valence-electron chi connectivity index (χ3n) is 2.74. The van der Waals surface area contributed by atoms with E-state index in [9.17, 15) is 0 Å². The highest BCUT2D eigenvalue weighted by molar-refractivity contribution is 5.42. The number of rotatable bonds is 7. The molecule has 4 nitrogen and oxygen atoms in total. The standard InChI is InChI=1S/C15H19NO3/c1-3-18-14-7-6-12(9-15(14)17-2)10-16-11-13-5-4-8-19-13/h4-9,16H,3,10-11H2,1-2H3. The Kier molecular flexibility index (Phi) is 4.86. The van der Waals surface area contributed by atoms with E-state index in [2.05, 4.69) is 5.32 Å². The summed E-state index contributed by atoms with van der Waals surface area (Å²) in [6, 6.07) is 9.79. The van der Waals surface area contributed by atoms with E-state index < -0.39 is 0 Å². The molecule has 0 bridgehead atoms. The van der Waals surface area contributed by atoms with Crippen molar-refractivity contribution in [2.75, 3.05) is 13.7 Å². The van der Waals surface area contributed by atoms with Gasteiger partial charge in [-0.1, -0.05) is 6.07 Å². The van der Waals surface area contributed by atoms with E-state index in [0.717, 1.165) is 29.4 Å². The summed E-state index contributed by atoms with van der Waals surface area (Å²) in [5, 5.41) is 3.32. The molecule has 1 N–H and O–H groups in total. The van der Waals surface area contributed by atoms with Crippen LogP contribution in [0.15, 0.2) is 41.0 Å². The van der Waals surface area contributed by atoms with Gasteiger partial charge in [-0.25, -0.2) is 0 Å². The molecule has 0 saturated heterocycles. The maximum Gasteiger partial charge on any atom is 0.161 e. The Morgan fingerprint density at radius 2 is 2.05 bits per heavy atom. The highest BCUT2D eigenvalue weighted by Gasteiger charge is 2.05. The molecule has 4 heteroatoms. The summed E-state index contributed by atoms with van der Waals surface area (Å²) < 4.78 is 16.1. The molecule has 0 spiro atoms. The van der Waals surface area contributed by atoms with Gasteiger partial charge in [0.25, 0.3) is 0 Å². The van der Waals surface area contributed by atoms with Crippen LogP contribution < -0.4 is 14.8 Å². The zero-order valence-corrected chi connectivity index (χ0v) is 11.3. The Bertz CT molecular complexity index is 494. The minimum Gasteiger partial charge on any atom is -0.493 e. The molecule has 0 aliphatic rings.